The zero-order valence-electron chi connectivity index (χ0n) is 13.3. The summed E-state index contributed by atoms with van der Waals surface area (Å²) in [5.74, 6) is -0.338. The summed E-state index contributed by atoms with van der Waals surface area (Å²) in [6.45, 7) is 3.33. The molecule has 24 heavy (non-hydrogen) atoms. The average molecular weight is 344 g/mol. The van der Waals surface area contributed by atoms with Gasteiger partial charge in [0.05, 0.1) is 16.9 Å². The second kappa shape index (κ2) is 7.31. The molecule has 2 heterocycles. The average Bonchev–Trinajstić information content (AvgIpc) is 3.20. The molecule has 0 unspecified atom stereocenters. The molecule has 0 radical (unpaired) electrons. The zero-order chi connectivity index (χ0) is 16.9. The van der Waals surface area contributed by atoms with Gasteiger partial charge in [-0.3, -0.25) is 14.2 Å². The van der Waals surface area contributed by atoms with Crippen LogP contribution in [0.15, 0.2) is 48.9 Å². The fourth-order valence-corrected chi connectivity index (χ4v) is 2.58. The maximum atomic E-state index is 12.2. The Balaban J connectivity index is 1.61. The first kappa shape index (κ1) is 16.3. The molecule has 6 nitrogen and oxygen atoms in total. The normalized spacial score (nSPS) is 10.8. The molecule has 1 aromatic carbocycles. The van der Waals surface area contributed by atoms with E-state index >= 15 is 0 Å². The first-order chi connectivity index (χ1) is 11.7. The van der Waals surface area contributed by atoms with E-state index < -0.39 is 0 Å². The quantitative estimate of drug-likeness (QED) is 0.747. The summed E-state index contributed by atoms with van der Waals surface area (Å²) in [6, 6.07) is 10.2. The van der Waals surface area contributed by atoms with Crippen molar-refractivity contribution in [3.63, 3.8) is 0 Å². The lowest BCUT2D eigenvalue weighted by atomic mass is 10.1. The number of halogens is 1. The van der Waals surface area contributed by atoms with Crippen LogP contribution >= 0.6 is 11.6 Å². The lowest BCUT2D eigenvalue weighted by Crippen LogP contribution is -2.13. The van der Waals surface area contributed by atoms with Gasteiger partial charge in [-0.15, -0.1) is 0 Å². The largest absolute Gasteiger partial charge is 0.318 e. The van der Waals surface area contributed by atoms with Crippen molar-refractivity contribution < 1.29 is 4.79 Å². The predicted octanol–water partition coefficient (Wildman–Crippen LogP) is 3.25. The molecule has 0 saturated carbocycles. The number of hydrogen-bond donors (Lipinski definition) is 1. The lowest BCUT2D eigenvalue weighted by Gasteiger charge is -2.02. The number of aryl methyl sites for hydroxylation is 3. The topological polar surface area (TPSA) is 64.7 Å². The molecule has 0 fully saturated rings. The van der Waals surface area contributed by atoms with E-state index in [0.29, 0.717) is 17.3 Å². The highest BCUT2D eigenvalue weighted by molar-refractivity contribution is 6.34. The first-order valence-corrected chi connectivity index (χ1v) is 8.14. The Hall–Kier alpha value is -2.60. The number of anilines is 1. The minimum absolute atomic E-state index is 0.218. The minimum atomic E-state index is -0.338. The molecule has 0 bridgehead atoms. The maximum Gasteiger partial charge on any atom is 0.277 e. The van der Waals surface area contributed by atoms with Gasteiger partial charge in [0.25, 0.3) is 5.91 Å². The molecule has 0 aliphatic heterocycles. The summed E-state index contributed by atoms with van der Waals surface area (Å²) in [5, 5.41) is 11.5. The first-order valence-electron chi connectivity index (χ1n) is 7.76. The van der Waals surface area contributed by atoms with E-state index in [1.54, 1.807) is 28.0 Å². The molecule has 124 valence electrons. The molecule has 1 N–H and O–H groups in total. The fourth-order valence-electron chi connectivity index (χ4n) is 2.34. The molecular formula is C17H18ClN5O. The van der Waals surface area contributed by atoms with Gasteiger partial charge in [-0.05, 0) is 18.9 Å². The highest BCUT2D eigenvalue weighted by Gasteiger charge is 2.16. The SMILES string of the molecule is CCn1cc(Cl)c(C(=O)Nc2cnn(CCc3ccccc3)c2)n1. The Morgan fingerprint density at radius 1 is 1.21 bits per heavy atom. The third-order valence-electron chi connectivity index (χ3n) is 3.62. The monoisotopic (exact) mass is 343 g/mol. The Morgan fingerprint density at radius 3 is 2.71 bits per heavy atom. The Labute approximate surface area is 145 Å². The van der Waals surface area contributed by atoms with Crippen LogP contribution in [0.3, 0.4) is 0 Å². The van der Waals surface area contributed by atoms with Crippen molar-refractivity contribution in [1.29, 1.82) is 0 Å². The molecule has 2 aromatic heterocycles. The zero-order valence-corrected chi connectivity index (χ0v) is 14.1. The number of nitrogens with one attached hydrogen (secondary N) is 1. The summed E-state index contributed by atoms with van der Waals surface area (Å²) in [4.78, 5) is 12.2. The molecule has 1 amide bonds. The number of nitrogens with zero attached hydrogens (tertiary/aromatic N) is 4. The fraction of sp³-hybridized carbons (Fsp3) is 0.235. The smallest absolute Gasteiger partial charge is 0.277 e. The van der Waals surface area contributed by atoms with Crippen LogP contribution < -0.4 is 5.32 Å². The van der Waals surface area contributed by atoms with Crippen molar-refractivity contribution in [2.75, 3.05) is 5.32 Å². The number of carbonyl (C=O) groups excluding carboxylic acids is 1. The molecule has 3 aromatic rings. The summed E-state index contributed by atoms with van der Waals surface area (Å²) in [6.07, 6.45) is 5.93. The molecule has 3 rings (SSSR count). The van der Waals surface area contributed by atoms with E-state index in [-0.39, 0.29) is 11.6 Å². The van der Waals surface area contributed by atoms with Gasteiger partial charge < -0.3 is 5.32 Å². The Morgan fingerprint density at radius 2 is 2.00 bits per heavy atom. The van der Waals surface area contributed by atoms with Crippen LogP contribution in [0.1, 0.15) is 23.0 Å². The summed E-state index contributed by atoms with van der Waals surface area (Å²) < 4.78 is 3.43. The standard InChI is InChI=1S/C17H18ClN5O/c1-2-22-12-15(18)16(21-22)17(24)20-14-10-19-23(11-14)9-8-13-6-4-3-5-7-13/h3-7,10-12H,2,8-9H2,1H3,(H,20,24). The van der Waals surface area contributed by atoms with Crippen LogP contribution in [0.5, 0.6) is 0 Å². The lowest BCUT2D eigenvalue weighted by molar-refractivity contribution is 0.102. The molecule has 0 aliphatic carbocycles. The molecule has 0 saturated heterocycles. The number of carbonyl (C=O) groups is 1. The van der Waals surface area contributed by atoms with Crippen molar-refractivity contribution in [2.45, 2.75) is 26.4 Å². The van der Waals surface area contributed by atoms with Crippen LogP contribution in [0.25, 0.3) is 0 Å². The van der Waals surface area contributed by atoms with E-state index in [2.05, 4.69) is 27.6 Å². The van der Waals surface area contributed by atoms with E-state index in [1.807, 2.05) is 25.1 Å². The van der Waals surface area contributed by atoms with Gasteiger partial charge in [-0.1, -0.05) is 41.9 Å². The van der Waals surface area contributed by atoms with Crippen molar-refractivity contribution in [1.82, 2.24) is 19.6 Å². The van der Waals surface area contributed by atoms with Gasteiger partial charge in [0.15, 0.2) is 5.69 Å². The predicted molar refractivity (Wildman–Crippen MR) is 93.2 cm³/mol. The van der Waals surface area contributed by atoms with Gasteiger partial charge in [0.2, 0.25) is 0 Å². The van der Waals surface area contributed by atoms with Gasteiger partial charge in [0, 0.05) is 25.5 Å². The van der Waals surface area contributed by atoms with Gasteiger partial charge in [0.1, 0.15) is 0 Å². The maximum absolute atomic E-state index is 12.2. The van der Waals surface area contributed by atoms with Crippen molar-refractivity contribution in [3.05, 3.63) is 65.2 Å². The van der Waals surface area contributed by atoms with Crippen LogP contribution in [0, 0.1) is 0 Å². The number of amides is 1. The number of rotatable bonds is 6. The number of hydrogen-bond acceptors (Lipinski definition) is 3. The third-order valence-corrected chi connectivity index (χ3v) is 3.90. The molecule has 7 heteroatoms. The van der Waals surface area contributed by atoms with Gasteiger partial charge in [-0.2, -0.15) is 10.2 Å². The van der Waals surface area contributed by atoms with E-state index in [0.717, 1.165) is 13.0 Å². The van der Waals surface area contributed by atoms with Crippen LogP contribution in [-0.2, 0) is 19.5 Å². The van der Waals surface area contributed by atoms with Crippen molar-refractivity contribution in [3.8, 4) is 0 Å². The highest BCUT2D eigenvalue weighted by atomic mass is 35.5. The third kappa shape index (κ3) is 3.83. The highest BCUT2D eigenvalue weighted by Crippen LogP contribution is 2.16. The Kier molecular flexibility index (Phi) is 4.96. The van der Waals surface area contributed by atoms with E-state index in [1.165, 1.54) is 5.56 Å². The van der Waals surface area contributed by atoms with Crippen LogP contribution in [0.4, 0.5) is 5.69 Å². The second-order valence-electron chi connectivity index (χ2n) is 5.36. The number of benzene rings is 1. The van der Waals surface area contributed by atoms with Crippen molar-refractivity contribution in [2.24, 2.45) is 0 Å². The molecule has 0 aliphatic rings. The van der Waals surface area contributed by atoms with Crippen LogP contribution in [-0.4, -0.2) is 25.5 Å². The number of aromatic nitrogens is 4. The molecular weight excluding hydrogens is 326 g/mol. The van der Waals surface area contributed by atoms with E-state index in [9.17, 15) is 4.79 Å². The summed E-state index contributed by atoms with van der Waals surface area (Å²) in [7, 11) is 0. The van der Waals surface area contributed by atoms with E-state index in [4.69, 9.17) is 11.6 Å². The Bertz CT molecular complexity index is 825. The summed E-state index contributed by atoms with van der Waals surface area (Å²) >= 11 is 6.04. The van der Waals surface area contributed by atoms with Crippen molar-refractivity contribution >= 4 is 23.2 Å². The molecule has 0 spiro atoms. The molecule has 0 atom stereocenters. The van der Waals surface area contributed by atoms with Gasteiger partial charge in [-0.25, -0.2) is 0 Å². The van der Waals surface area contributed by atoms with Crippen LogP contribution in [0.2, 0.25) is 5.02 Å². The van der Waals surface area contributed by atoms with Gasteiger partial charge >= 0.3 is 0 Å². The summed E-state index contributed by atoms with van der Waals surface area (Å²) in [5.41, 5.74) is 2.08. The second-order valence-corrected chi connectivity index (χ2v) is 5.77. The minimum Gasteiger partial charge on any atom is -0.318 e.